The Labute approximate surface area is 200 Å². The van der Waals surface area contributed by atoms with Gasteiger partial charge in [-0.1, -0.05) is 30.3 Å². The number of pyridine rings is 2. The smallest absolute Gasteiger partial charge is 0.425 e. The number of rotatable bonds is 8. The highest BCUT2D eigenvalue weighted by atomic mass is 19.4. The lowest BCUT2D eigenvalue weighted by Crippen LogP contribution is -2.32. The maximum absolute atomic E-state index is 15.5. The van der Waals surface area contributed by atoms with Crippen molar-refractivity contribution in [1.29, 1.82) is 0 Å². The highest BCUT2D eigenvalue weighted by molar-refractivity contribution is 5.87. The number of fused-ring (bicyclic) bond motifs is 1. The van der Waals surface area contributed by atoms with Crippen LogP contribution < -0.4 is 16.0 Å². The third-order valence-corrected chi connectivity index (χ3v) is 5.36. The summed E-state index contributed by atoms with van der Waals surface area (Å²) in [6.45, 7) is 2.66. The zero-order valence-electron chi connectivity index (χ0n) is 19.2. The standard InChI is InChI=1S/C23H21F4N5O4/c1-3-31-16(12-35-11-14-7-5-4-6-8-14)30-32(22(31)34)19-18(24)15-9-10-28-20(33)17(15)21(29-19)36-13(2)23(25,26)27/h4-10,13H,3,11-12H2,1-2H3,(H,28,33). The van der Waals surface area contributed by atoms with Crippen LogP contribution in [0.15, 0.2) is 52.2 Å². The first kappa shape index (κ1) is 25.1. The third-order valence-electron chi connectivity index (χ3n) is 5.36. The normalized spacial score (nSPS) is 12.7. The second-order valence-electron chi connectivity index (χ2n) is 7.78. The molecule has 3 heterocycles. The summed E-state index contributed by atoms with van der Waals surface area (Å²) in [6.07, 6.45) is -6.03. The molecule has 1 aromatic carbocycles. The molecule has 0 radical (unpaired) electrons. The number of ether oxygens (including phenoxy) is 2. The van der Waals surface area contributed by atoms with Gasteiger partial charge in [-0.25, -0.2) is 9.18 Å². The lowest BCUT2D eigenvalue weighted by atomic mass is 10.2. The molecule has 0 spiro atoms. The third kappa shape index (κ3) is 4.87. The lowest BCUT2D eigenvalue weighted by Gasteiger charge is -2.18. The number of halogens is 4. The predicted molar refractivity (Wildman–Crippen MR) is 120 cm³/mol. The topological polar surface area (TPSA) is 104 Å². The highest BCUT2D eigenvalue weighted by Gasteiger charge is 2.39. The van der Waals surface area contributed by atoms with E-state index in [0.717, 1.165) is 17.8 Å². The molecule has 4 rings (SSSR count). The van der Waals surface area contributed by atoms with E-state index in [4.69, 9.17) is 9.47 Å². The average molecular weight is 507 g/mol. The second-order valence-corrected chi connectivity index (χ2v) is 7.78. The van der Waals surface area contributed by atoms with Gasteiger partial charge < -0.3 is 14.5 Å². The number of aromatic nitrogens is 5. The van der Waals surface area contributed by atoms with Gasteiger partial charge in [0.1, 0.15) is 12.0 Å². The maximum Gasteiger partial charge on any atom is 0.425 e. The Morgan fingerprint density at radius 1 is 1.11 bits per heavy atom. The van der Waals surface area contributed by atoms with E-state index < -0.39 is 46.4 Å². The minimum atomic E-state index is -4.78. The number of benzene rings is 1. The molecule has 1 N–H and O–H groups in total. The van der Waals surface area contributed by atoms with Crippen LogP contribution in [0.2, 0.25) is 0 Å². The molecule has 0 amide bonds. The first-order chi connectivity index (χ1) is 17.1. The summed E-state index contributed by atoms with van der Waals surface area (Å²) in [7, 11) is 0. The zero-order valence-corrected chi connectivity index (χ0v) is 19.2. The quantitative estimate of drug-likeness (QED) is 0.367. The Morgan fingerprint density at radius 2 is 1.83 bits per heavy atom. The molecule has 4 aromatic rings. The molecule has 0 aliphatic carbocycles. The zero-order chi connectivity index (χ0) is 26.0. The number of hydrogen-bond donors (Lipinski definition) is 1. The van der Waals surface area contributed by atoms with Gasteiger partial charge in [0.15, 0.2) is 23.6 Å². The monoisotopic (exact) mass is 507 g/mol. The van der Waals surface area contributed by atoms with Gasteiger partial charge in [0, 0.05) is 18.1 Å². The predicted octanol–water partition coefficient (Wildman–Crippen LogP) is 3.48. The van der Waals surface area contributed by atoms with Crippen LogP contribution in [-0.2, 0) is 24.5 Å². The molecule has 3 aromatic heterocycles. The number of nitrogens with one attached hydrogen (secondary N) is 1. The van der Waals surface area contributed by atoms with Gasteiger partial charge in [0.2, 0.25) is 5.88 Å². The largest absolute Gasteiger partial charge is 0.464 e. The minimum absolute atomic E-state index is 0.103. The van der Waals surface area contributed by atoms with Gasteiger partial charge in [0.05, 0.1) is 6.61 Å². The Hall–Kier alpha value is -4.00. The molecule has 13 heteroatoms. The van der Waals surface area contributed by atoms with E-state index in [9.17, 15) is 22.8 Å². The molecule has 36 heavy (non-hydrogen) atoms. The van der Waals surface area contributed by atoms with E-state index in [2.05, 4.69) is 15.1 Å². The molecule has 0 saturated carbocycles. The SMILES string of the molecule is CCn1c(COCc2ccccc2)nn(-c2nc(OC(C)C(F)(F)F)c3c(=O)[nH]ccc3c2F)c1=O. The van der Waals surface area contributed by atoms with Crippen LogP contribution in [0.4, 0.5) is 17.6 Å². The molecule has 1 atom stereocenters. The molecule has 190 valence electrons. The molecular weight excluding hydrogens is 486 g/mol. The van der Waals surface area contributed by atoms with Crippen molar-refractivity contribution in [2.24, 2.45) is 0 Å². The second kappa shape index (κ2) is 9.93. The van der Waals surface area contributed by atoms with E-state index in [-0.39, 0.29) is 31.0 Å². The van der Waals surface area contributed by atoms with Crippen LogP contribution in [0.1, 0.15) is 25.2 Å². The summed E-state index contributed by atoms with van der Waals surface area (Å²) in [4.78, 5) is 31.4. The summed E-state index contributed by atoms with van der Waals surface area (Å²) in [5.74, 6) is -2.47. The van der Waals surface area contributed by atoms with Crippen LogP contribution in [0.3, 0.4) is 0 Å². The Kier molecular flexibility index (Phi) is 6.93. The van der Waals surface area contributed by atoms with Crippen molar-refractivity contribution in [3.05, 3.63) is 80.6 Å². The van der Waals surface area contributed by atoms with Crippen molar-refractivity contribution in [3.63, 3.8) is 0 Å². The van der Waals surface area contributed by atoms with Crippen molar-refractivity contribution >= 4 is 10.8 Å². The molecule has 0 aliphatic heterocycles. The number of alkyl halides is 3. The summed E-state index contributed by atoms with van der Waals surface area (Å²) in [5, 5.41) is 3.21. The number of H-pyrrole nitrogens is 1. The first-order valence-corrected chi connectivity index (χ1v) is 10.9. The molecule has 0 aliphatic rings. The summed E-state index contributed by atoms with van der Waals surface area (Å²) in [5.41, 5.74) is -0.812. The maximum atomic E-state index is 15.5. The van der Waals surface area contributed by atoms with E-state index in [0.29, 0.717) is 11.6 Å². The molecular formula is C23H21F4N5O4. The fourth-order valence-corrected chi connectivity index (χ4v) is 3.49. The Morgan fingerprint density at radius 3 is 2.50 bits per heavy atom. The van der Waals surface area contributed by atoms with Crippen molar-refractivity contribution in [2.45, 2.75) is 45.9 Å². The Bertz CT molecular complexity index is 1490. The van der Waals surface area contributed by atoms with E-state index >= 15 is 4.39 Å². The molecule has 1 unspecified atom stereocenters. The average Bonchev–Trinajstić information content (AvgIpc) is 3.15. The molecule has 9 nitrogen and oxygen atoms in total. The van der Waals surface area contributed by atoms with Gasteiger partial charge >= 0.3 is 11.9 Å². The Balaban J connectivity index is 1.78. The van der Waals surface area contributed by atoms with Gasteiger partial charge in [-0.2, -0.15) is 22.8 Å². The summed E-state index contributed by atoms with van der Waals surface area (Å²) in [6, 6.07) is 10.4. The number of hydrogen-bond acceptors (Lipinski definition) is 6. The molecule has 0 saturated heterocycles. The van der Waals surface area contributed by atoms with Gasteiger partial charge in [-0.15, -0.1) is 5.10 Å². The molecule has 0 fully saturated rings. The van der Waals surface area contributed by atoms with Gasteiger partial charge in [-0.05, 0) is 25.5 Å². The minimum Gasteiger partial charge on any atom is -0.464 e. The van der Waals surface area contributed by atoms with Crippen LogP contribution in [0, 0.1) is 5.82 Å². The fraction of sp³-hybridized carbons (Fsp3) is 0.304. The van der Waals surface area contributed by atoms with Crippen LogP contribution >= 0.6 is 0 Å². The van der Waals surface area contributed by atoms with Gasteiger partial charge in [-0.3, -0.25) is 9.36 Å². The number of nitrogens with zero attached hydrogens (tertiary/aromatic N) is 4. The molecule has 0 bridgehead atoms. The van der Waals surface area contributed by atoms with Crippen LogP contribution in [0.25, 0.3) is 16.6 Å². The number of aromatic amines is 1. The van der Waals surface area contributed by atoms with E-state index in [1.807, 2.05) is 30.3 Å². The van der Waals surface area contributed by atoms with E-state index in [1.165, 1.54) is 4.57 Å². The summed E-state index contributed by atoms with van der Waals surface area (Å²) >= 11 is 0. The van der Waals surface area contributed by atoms with Crippen LogP contribution in [0.5, 0.6) is 5.88 Å². The lowest BCUT2D eigenvalue weighted by molar-refractivity contribution is -0.189. The van der Waals surface area contributed by atoms with Crippen LogP contribution in [-0.4, -0.2) is 36.6 Å². The van der Waals surface area contributed by atoms with Crippen molar-refractivity contribution in [1.82, 2.24) is 24.3 Å². The van der Waals surface area contributed by atoms with Crippen molar-refractivity contribution in [3.8, 4) is 11.7 Å². The van der Waals surface area contributed by atoms with Gasteiger partial charge in [0.25, 0.3) is 5.56 Å². The highest BCUT2D eigenvalue weighted by Crippen LogP contribution is 2.30. The van der Waals surface area contributed by atoms with E-state index in [1.54, 1.807) is 6.92 Å². The van der Waals surface area contributed by atoms with Crippen molar-refractivity contribution in [2.75, 3.05) is 0 Å². The summed E-state index contributed by atoms with van der Waals surface area (Å²) < 4.78 is 67.3. The first-order valence-electron chi connectivity index (χ1n) is 10.9. The fourth-order valence-electron chi connectivity index (χ4n) is 3.49. The van der Waals surface area contributed by atoms with Crippen molar-refractivity contribution < 1.29 is 27.0 Å².